The zero-order valence-corrected chi connectivity index (χ0v) is 11.5. The molecule has 0 radical (unpaired) electrons. The zero-order valence-electron chi connectivity index (χ0n) is 9.90. The fraction of sp³-hybridized carbons (Fsp3) is 0.462. The summed E-state index contributed by atoms with van der Waals surface area (Å²) in [6, 6.07) is 5.42. The van der Waals surface area contributed by atoms with Crippen LogP contribution in [-0.4, -0.2) is 21.8 Å². The molecule has 1 aromatic rings. The molecule has 1 N–H and O–H groups in total. The van der Waals surface area contributed by atoms with E-state index in [1.54, 1.807) is 12.1 Å². The summed E-state index contributed by atoms with van der Waals surface area (Å²) in [7, 11) is 0. The minimum atomic E-state index is -0.155. The molecule has 1 fully saturated rings. The van der Waals surface area contributed by atoms with Gasteiger partial charge in [0, 0.05) is 17.1 Å². The molecule has 1 aromatic heterocycles. The molecule has 5 heteroatoms. The molecule has 0 atom stereocenters. The van der Waals surface area contributed by atoms with Gasteiger partial charge < -0.3 is 5.32 Å². The minimum absolute atomic E-state index is 0.155. The lowest BCUT2D eigenvalue weighted by atomic mass is 9.95. The van der Waals surface area contributed by atoms with Crippen molar-refractivity contribution in [2.45, 2.75) is 36.6 Å². The molecule has 0 bridgehead atoms. The summed E-state index contributed by atoms with van der Waals surface area (Å²) in [6.45, 7) is 0. The maximum atomic E-state index is 11.9. The Kier molecular flexibility index (Phi) is 4.32. The van der Waals surface area contributed by atoms with E-state index in [1.165, 1.54) is 6.20 Å². The van der Waals surface area contributed by atoms with Gasteiger partial charge in [-0.2, -0.15) is 5.26 Å². The van der Waals surface area contributed by atoms with Crippen LogP contribution in [0.2, 0.25) is 0 Å². The molecular formula is C13H14BrN3O. The molecule has 1 aliphatic rings. The molecule has 1 saturated carbocycles. The predicted octanol–water partition coefficient (Wildman–Crippen LogP) is 2.39. The summed E-state index contributed by atoms with van der Waals surface area (Å²) < 4.78 is 0. The highest BCUT2D eigenvalue weighted by molar-refractivity contribution is 9.09. The molecule has 1 aliphatic carbocycles. The molecule has 94 valence electrons. The Morgan fingerprint density at radius 3 is 2.67 bits per heavy atom. The van der Waals surface area contributed by atoms with Gasteiger partial charge in [0.15, 0.2) is 0 Å². The first-order valence-electron chi connectivity index (χ1n) is 6.00. The molecule has 0 unspecified atom stereocenters. The second-order valence-corrected chi connectivity index (χ2v) is 5.76. The SMILES string of the molecule is N#Cc1ccc(C(=O)NC2CCC(Br)CC2)nc1. The first-order valence-corrected chi connectivity index (χ1v) is 6.91. The summed E-state index contributed by atoms with van der Waals surface area (Å²) in [6.07, 6.45) is 5.59. The Labute approximate surface area is 115 Å². The summed E-state index contributed by atoms with van der Waals surface area (Å²) in [5.74, 6) is -0.155. The number of pyridine rings is 1. The van der Waals surface area contributed by atoms with Crippen LogP contribution in [0.1, 0.15) is 41.7 Å². The standard InChI is InChI=1S/C13H14BrN3O/c14-10-2-4-11(5-3-10)17-13(18)12-6-1-9(7-15)8-16-12/h1,6,8,10-11H,2-5H2,(H,17,18). The molecule has 1 amide bonds. The fourth-order valence-electron chi connectivity index (χ4n) is 2.05. The second kappa shape index (κ2) is 5.96. The normalized spacial score (nSPS) is 23.1. The van der Waals surface area contributed by atoms with E-state index in [0.717, 1.165) is 25.7 Å². The number of carbonyl (C=O) groups excluding carboxylic acids is 1. The largest absolute Gasteiger partial charge is 0.348 e. The third-order valence-corrected chi connectivity index (χ3v) is 4.03. The number of nitriles is 1. The van der Waals surface area contributed by atoms with Gasteiger partial charge in [-0.15, -0.1) is 0 Å². The average Bonchev–Trinajstić information content (AvgIpc) is 2.41. The van der Waals surface area contributed by atoms with Crippen molar-refractivity contribution >= 4 is 21.8 Å². The van der Waals surface area contributed by atoms with Crippen molar-refractivity contribution in [3.63, 3.8) is 0 Å². The van der Waals surface area contributed by atoms with Crippen molar-refractivity contribution in [1.82, 2.24) is 10.3 Å². The molecular weight excluding hydrogens is 294 g/mol. The van der Waals surface area contributed by atoms with Crippen LogP contribution in [-0.2, 0) is 0 Å². The molecule has 4 nitrogen and oxygen atoms in total. The van der Waals surface area contributed by atoms with Gasteiger partial charge in [0.25, 0.3) is 5.91 Å². The van der Waals surface area contributed by atoms with Gasteiger partial charge in [0.05, 0.1) is 5.56 Å². The van der Waals surface area contributed by atoms with Gasteiger partial charge in [-0.3, -0.25) is 4.79 Å². The molecule has 0 aliphatic heterocycles. The van der Waals surface area contributed by atoms with E-state index in [0.29, 0.717) is 16.1 Å². The number of carbonyl (C=O) groups is 1. The van der Waals surface area contributed by atoms with Gasteiger partial charge in [-0.1, -0.05) is 15.9 Å². The Balaban J connectivity index is 1.93. The molecule has 0 spiro atoms. The van der Waals surface area contributed by atoms with E-state index in [1.807, 2.05) is 6.07 Å². The quantitative estimate of drug-likeness (QED) is 0.853. The van der Waals surface area contributed by atoms with Gasteiger partial charge in [-0.25, -0.2) is 4.98 Å². The fourth-order valence-corrected chi connectivity index (χ4v) is 2.58. The highest BCUT2D eigenvalue weighted by Gasteiger charge is 2.21. The number of amides is 1. The van der Waals surface area contributed by atoms with E-state index < -0.39 is 0 Å². The van der Waals surface area contributed by atoms with Crippen LogP contribution in [0.25, 0.3) is 0 Å². The smallest absolute Gasteiger partial charge is 0.270 e. The Hall–Kier alpha value is -1.41. The molecule has 2 rings (SSSR count). The lowest BCUT2D eigenvalue weighted by Crippen LogP contribution is -2.38. The number of halogens is 1. The van der Waals surface area contributed by atoms with Gasteiger partial charge in [0.2, 0.25) is 0 Å². The zero-order chi connectivity index (χ0) is 13.0. The lowest BCUT2D eigenvalue weighted by molar-refractivity contribution is 0.0923. The number of hydrogen-bond donors (Lipinski definition) is 1. The highest BCUT2D eigenvalue weighted by Crippen LogP contribution is 2.24. The molecule has 18 heavy (non-hydrogen) atoms. The number of hydrogen-bond acceptors (Lipinski definition) is 3. The molecule has 0 saturated heterocycles. The van der Waals surface area contributed by atoms with Gasteiger partial charge >= 0.3 is 0 Å². The van der Waals surface area contributed by atoms with Crippen molar-refractivity contribution in [1.29, 1.82) is 5.26 Å². The highest BCUT2D eigenvalue weighted by atomic mass is 79.9. The van der Waals surface area contributed by atoms with Crippen molar-refractivity contribution in [2.24, 2.45) is 0 Å². The van der Waals surface area contributed by atoms with E-state index in [9.17, 15) is 4.79 Å². The third-order valence-electron chi connectivity index (χ3n) is 3.12. The first-order chi connectivity index (χ1) is 8.69. The van der Waals surface area contributed by atoms with Crippen LogP contribution >= 0.6 is 15.9 Å². The van der Waals surface area contributed by atoms with Crippen molar-refractivity contribution < 1.29 is 4.79 Å². The average molecular weight is 308 g/mol. The predicted molar refractivity (Wildman–Crippen MR) is 71.4 cm³/mol. The third kappa shape index (κ3) is 3.30. The first kappa shape index (κ1) is 13.0. The summed E-state index contributed by atoms with van der Waals surface area (Å²) in [5.41, 5.74) is 0.835. The minimum Gasteiger partial charge on any atom is -0.348 e. The van der Waals surface area contributed by atoms with Gasteiger partial charge in [0.1, 0.15) is 11.8 Å². The summed E-state index contributed by atoms with van der Waals surface area (Å²) in [4.78, 5) is 16.5. The Morgan fingerprint density at radius 2 is 2.11 bits per heavy atom. The van der Waals surface area contributed by atoms with E-state index in [4.69, 9.17) is 5.26 Å². The summed E-state index contributed by atoms with van der Waals surface area (Å²) >= 11 is 3.59. The number of nitrogens with zero attached hydrogens (tertiary/aromatic N) is 2. The maximum absolute atomic E-state index is 11.9. The van der Waals surface area contributed by atoms with Crippen LogP contribution < -0.4 is 5.32 Å². The Morgan fingerprint density at radius 1 is 1.39 bits per heavy atom. The van der Waals surface area contributed by atoms with Crippen LogP contribution in [0.3, 0.4) is 0 Å². The van der Waals surface area contributed by atoms with Gasteiger partial charge in [-0.05, 0) is 37.8 Å². The Bertz CT molecular complexity index is 458. The van der Waals surface area contributed by atoms with Crippen LogP contribution in [0.5, 0.6) is 0 Å². The van der Waals surface area contributed by atoms with Crippen molar-refractivity contribution in [2.75, 3.05) is 0 Å². The van der Waals surface area contributed by atoms with E-state index >= 15 is 0 Å². The monoisotopic (exact) mass is 307 g/mol. The van der Waals surface area contributed by atoms with Crippen molar-refractivity contribution in [3.05, 3.63) is 29.6 Å². The molecule has 0 aromatic carbocycles. The van der Waals surface area contributed by atoms with Crippen LogP contribution in [0.4, 0.5) is 0 Å². The summed E-state index contributed by atoms with van der Waals surface area (Å²) in [5, 5.41) is 11.6. The number of nitrogens with one attached hydrogen (secondary N) is 1. The number of rotatable bonds is 2. The van der Waals surface area contributed by atoms with E-state index in [-0.39, 0.29) is 11.9 Å². The number of aromatic nitrogens is 1. The van der Waals surface area contributed by atoms with Crippen molar-refractivity contribution in [3.8, 4) is 6.07 Å². The van der Waals surface area contributed by atoms with Crippen LogP contribution in [0, 0.1) is 11.3 Å². The molecule has 1 heterocycles. The second-order valence-electron chi connectivity index (χ2n) is 4.47. The number of alkyl halides is 1. The van der Waals surface area contributed by atoms with Crippen LogP contribution in [0.15, 0.2) is 18.3 Å². The topological polar surface area (TPSA) is 65.8 Å². The van der Waals surface area contributed by atoms with E-state index in [2.05, 4.69) is 26.2 Å². The maximum Gasteiger partial charge on any atom is 0.270 e. The lowest BCUT2D eigenvalue weighted by Gasteiger charge is -2.25.